The molecule has 0 amide bonds. The number of hydrogen-bond donors (Lipinski definition) is 1. The molecule has 0 saturated heterocycles. The molecule has 1 atom stereocenters. The highest BCUT2D eigenvalue weighted by Gasteiger charge is 2.21. The van der Waals surface area contributed by atoms with Crippen molar-refractivity contribution in [2.45, 2.75) is 19.9 Å². The molecule has 0 saturated carbocycles. The van der Waals surface area contributed by atoms with Crippen LogP contribution in [0.25, 0.3) is 0 Å². The lowest BCUT2D eigenvalue weighted by atomic mass is 10.0. The van der Waals surface area contributed by atoms with Gasteiger partial charge in [0, 0.05) is 10.4 Å². The number of thiophene rings is 1. The SMILES string of the molecule is CNC(c1cc(C)c(Br)s1)c1ccc(C)c(F)c1F. The van der Waals surface area contributed by atoms with Gasteiger partial charge in [0.05, 0.1) is 9.83 Å². The van der Waals surface area contributed by atoms with E-state index in [1.165, 1.54) is 11.3 Å². The lowest BCUT2D eigenvalue weighted by Gasteiger charge is -2.16. The molecule has 0 radical (unpaired) electrons. The van der Waals surface area contributed by atoms with Crippen LogP contribution in [0.5, 0.6) is 0 Å². The zero-order chi connectivity index (χ0) is 14.2. The first kappa shape index (κ1) is 14.6. The molecule has 1 aromatic heterocycles. The van der Waals surface area contributed by atoms with Crippen molar-refractivity contribution in [3.63, 3.8) is 0 Å². The maximum absolute atomic E-state index is 14.1. The minimum Gasteiger partial charge on any atom is -0.309 e. The third-order valence-corrected chi connectivity index (χ3v) is 5.27. The van der Waals surface area contributed by atoms with Gasteiger partial charge in [-0.2, -0.15) is 0 Å². The minimum absolute atomic E-state index is 0.319. The second-order valence-corrected chi connectivity index (χ2v) is 6.83. The Hall–Kier alpha value is -0.780. The molecule has 0 spiro atoms. The summed E-state index contributed by atoms with van der Waals surface area (Å²) in [6, 6.07) is 4.88. The van der Waals surface area contributed by atoms with E-state index >= 15 is 0 Å². The second kappa shape index (κ2) is 5.69. The number of halogens is 3. The van der Waals surface area contributed by atoms with Gasteiger partial charge in [0.2, 0.25) is 0 Å². The lowest BCUT2D eigenvalue weighted by Crippen LogP contribution is -2.18. The first-order valence-corrected chi connectivity index (χ1v) is 7.44. The van der Waals surface area contributed by atoms with E-state index in [0.717, 1.165) is 14.2 Å². The fraction of sp³-hybridized carbons (Fsp3) is 0.286. The maximum Gasteiger partial charge on any atom is 0.164 e. The second-order valence-electron chi connectivity index (χ2n) is 4.43. The largest absolute Gasteiger partial charge is 0.309 e. The van der Waals surface area contributed by atoms with Crippen molar-refractivity contribution in [2.75, 3.05) is 7.05 Å². The fourth-order valence-electron chi connectivity index (χ4n) is 1.96. The number of rotatable bonds is 3. The van der Waals surface area contributed by atoms with Crippen LogP contribution < -0.4 is 5.32 Å². The number of aryl methyl sites for hydroxylation is 2. The van der Waals surface area contributed by atoms with Gasteiger partial charge >= 0.3 is 0 Å². The number of benzene rings is 1. The monoisotopic (exact) mass is 345 g/mol. The zero-order valence-corrected chi connectivity index (χ0v) is 13.3. The molecule has 1 N–H and O–H groups in total. The number of hydrogen-bond acceptors (Lipinski definition) is 2. The highest BCUT2D eigenvalue weighted by molar-refractivity contribution is 9.11. The molecule has 1 aromatic carbocycles. The van der Waals surface area contributed by atoms with Crippen molar-refractivity contribution in [3.8, 4) is 0 Å². The molecule has 1 heterocycles. The molecule has 0 bridgehead atoms. The van der Waals surface area contributed by atoms with Gasteiger partial charge in [-0.25, -0.2) is 8.78 Å². The van der Waals surface area contributed by atoms with Crippen molar-refractivity contribution >= 4 is 27.3 Å². The Morgan fingerprint density at radius 2 is 1.84 bits per heavy atom. The van der Waals surface area contributed by atoms with Crippen LogP contribution in [0.2, 0.25) is 0 Å². The highest BCUT2D eigenvalue weighted by atomic mass is 79.9. The summed E-state index contributed by atoms with van der Waals surface area (Å²) in [5.41, 5.74) is 1.74. The van der Waals surface area contributed by atoms with Crippen LogP contribution in [0.15, 0.2) is 22.0 Å². The highest BCUT2D eigenvalue weighted by Crippen LogP contribution is 2.35. The molecule has 0 aliphatic rings. The Kier molecular flexibility index (Phi) is 4.38. The predicted octanol–water partition coefficient (Wildman–Crippen LogP) is 4.71. The summed E-state index contributed by atoms with van der Waals surface area (Å²) in [6.45, 7) is 3.53. The van der Waals surface area contributed by atoms with E-state index in [0.29, 0.717) is 11.1 Å². The van der Waals surface area contributed by atoms with Crippen molar-refractivity contribution in [2.24, 2.45) is 0 Å². The van der Waals surface area contributed by atoms with Gasteiger partial charge < -0.3 is 5.32 Å². The van der Waals surface area contributed by atoms with Gasteiger partial charge in [0.1, 0.15) is 0 Å². The summed E-state index contributed by atoms with van der Waals surface area (Å²) in [7, 11) is 1.74. The summed E-state index contributed by atoms with van der Waals surface area (Å²) < 4.78 is 28.8. The summed E-state index contributed by atoms with van der Waals surface area (Å²) in [4.78, 5) is 0.953. The van der Waals surface area contributed by atoms with Gasteiger partial charge in [-0.05, 0) is 54.0 Å². The molecule has 1 nitrogen and oxygen atoms in total. The standard InChI is InChI=1S/C14H14BrF2NS/c1-7-4-5-9(12(17)11(7)16)13(18-3)10-6-8(2)14(15)19-10/h4-6,13,18H,1-3H3. The average Bonchev–Trinajstić information content (AvgIpc) is 2.70. The van der Waals surface area contributed by atoms with Crippen molar-refractivity contribution in [3.05, 3.63) is 55.2 Å². The third kappa shape index (κ3) is 2.73. The Balaban J connectivity index is 2.51. The van der Waals surface area contributed by atoms with E-state index in [4.69, 9.17) is 0 Å². The molecule has 19 heavy (non-hydrogen) atoms. The first-order chi connectivity index (χ1) is 8.95. The molecule has 5 heteroatoms. The molecule has 0 aliphatic carbocycles. The Morgan fingerprint density at radius 3 is 2.37 bits per heavy atom. The molecular formula is C14H14BrF2NS. The summed E-state index contributed by atoms with van der Waals surface area (Å²) in [5, 5.41) is 3.05. The van der Waals surface area contributed by atoms with Crippen LogP contribution in [-0.2, 0) is 0 Å². The van der Waals surface area contributed by atoms with E-state index in [9.17, 15) is 8.78 Å². The van der Waals surface area contributed by atoms with Gasteiger partial charge in [-0.15, -0.1) is 11.3 Å². The van der Waals surface area contributed by atoms with Gasteiger partial charge in [0.25, 0.3) is 0 Å². The zero-order valence-electron chi connectivity index (χ0n) is 10.9. The summed E-state index contributed by atoms with van der Waals surface area (Å²) in [5.74, 6) is -1.55. The van der Waals surface area contributed by atoms with Crippen molar-refractivity contribution in [1.82, 2.24) is 5.32 Å². The topological polar surface area (TPSA) is 12.0 Å². The normalized spacial score (nSPS) is 12.7. The van der Waals surface area contributed by atoms with E-state index in [2.05, 4.69) is 21.2 Å². The van der Waals surface area contributed by atoms with Gasteiger partial charge in [-0.3, -0.25) is 0 Å². The predicted molar refractivity (Wildman–Crippen MR) is 78.8 cm³/mol. The fourth-order valence-corrected chi connectivity index (χ4v) is 3.66. The molecular weight excluding hydrogens is 332 g/mol. The number of nitrogens with one attached hydrogen (secondary N) is 1. The van der Waals surface area contributed by atoms with E-state index in [-0.39, 0.29) is 6.04 Å². The van der Waals surface area contributed by atoms with E-state index in [1.54, 1.807) is 26.1 Å². The van der Waals surface area contributed by atoms with Crippen LogP contribution in [0.4, 0.5) is 8.78 Å². The van der Waals surface area contributed by atoms with Gasteiger partial charge in [-0.1, -0.05) is 12.1 Å². The maximum atomic E-state index is 14.1. The summed E-state index contributed by atoms with van der Waals surface area (Å²) >= 11 is 4.98. The molecule has 0 fully saturated rings. The quantitative estimate of drug-likeness (QED) is 0.848. The lowest BCUT2D eigenvalue weighted by molar-refractivity contribution is 0.483. The first-order valence-electron chi connectivity index (χ1n) is 5.83. The van der Waals surface area contributed by atoms with Crippen LogP contribution >= 0.6 is 27.3 Å². The van der Waals surface area contributed by atoms with Crippen LogP contribution in [0.3, 0.4) is 0 Å². The van der Waals surface area contributed by atoms with E-state index < -0.39 is 11.6 Å². The van der Waals surface area contributed by atoms with Crippen LogP contribution in [-0.4, -0.2) is 7.05 Å². The average molecular weight is 346 g/mol. The smallest absolute Gasteiger partial charge is 0.164 e. The molecule has 2 aromatic rings. The van der Waals surface area contributed by atoms with E-state index in [1.807, 2.05) is 13.0 Å². The van der Waals surface area contributed by atoms with Crippen molar-refractivity contribution < 1.29 is 8.78 Å². The summed E-state index contributed by atoms with van der Waals surface area (Å²) in [6.07, 6.45) is 0. The van der Waals surface area contributed by atoms with Gasteiger partial charge in [0.15, 0.2) is 11.6 Å². The molecule has 1 unspecified atom stereocenters. The Bertz CT molecular complexity index is 590. The Labute approximate surface area is 123 Å². The molecule has 2 rings (SSSR count). The molecule has 102 valence electrons. The minimum atomic E-state index is -0.776. The molecule has 0 aliphatic heterocycles. The van der Waals surface area contributed by atoms with Crippen LogP contribution in [0, 0.1) is 25.5 Å². The Morgan fingerprint density at radius 1 is 1.16 bits per heavy atom. The van der Waals surface area contributed by atoms with Crippen LogP contribution in [0.1, 0.15) is 27.6 Å². The van der Waals surface area contributed by atoms with Crippen molar-refractivity contribution in [1.29, 1.82) is 0 Å². The third-order valence-electron chi connectivity index (χ3n) is 3.07.